The van der Waals surface area contributed by atoms with Crippen molar-refractivity contribution in [3.8, 4) is 5.75 Å². The summed E-state index contributed by atoms with van der Waals surface area (Å²) in [7, 11) is -2.28. The maximum absolute atomic E-state index is 13.1. The highest BCUT2D eigenvalue weighted by Gasteiger charge is 2.29. The summed E-state index contributed by atoms with van der Waals surface area (Å²) >= 11 is 0. The van der Waals surface area contributed by atoms with Crippen molar-refractivity contribution in [2.24, 2.45) is 0 Å². The van der Waals surface area contributed by atoms with Crippen LogP contribution in [0.5, 0.6) is 5.75 Å². The zero-order chi connectivity index (χ0) is 20.3. The third-order valence-electron chi connectivity index (χ3n) is 4.85. The van der Waals surface area contributed by atoms with Crippen LogP contribution in [-0.2, 0) is 16.4 Å². The highest BCUT2D eigenvalue weighted by molar-refractivity contribution is 7.89. The van der Waals surface area contributed by atoms with Crippen molar-refractivity contribution >= 4 is 21.6 Å². The van der Waals surface area contributed by atoms with Crippen LogP contribution in [0.3, 0.4) is 0 Å². The fraction of sp³-hybridized carbons (Fsp3) is 0.474. The van der Waals surface area contributed by atoms with Gasteiger partial charge in [-0.25, -0.2) is 8.42 Å². The number of piperidine rings is 1. The van der Waals surface area contributed by atoms with Gasteiger partial charge >= 0.3 is 0 Å². The molecule has 0 spiro atoms. The topological polar surface area (TPSA) is 102 Å². The maximum Gasteiger partial charge on any atom is 0.261 e. The normalized spacial score (nSPS) is 15.4. The van der Waals surface area contributed by atoms with E-state index in [0.717, 1.165) is 19.3 Å². The van der Waals surface area contributed by atoms with Gasteiger partial charge in [0.05, 0.1) is 12.8 Å². The Bertz CT molecular complexity index is 962. The Balaban J connectivity index is 1.92. The molecule has 1 aromatic carbocycles. The lowest BCUT2D eigenvalue weighted by Crippen LogP contribution is -2.35. The van der Waals surface area contributed by atoms with Crippen molar-refractivity contribution in [3.05, 3.63) is 35.2 Å². The van der Waals surface area contributed by atoms with Crippen molar-refractivity contribution in [2.45, 2.75) is 44.4 Å². The van der Waals surface area contributed by atoms with Gasteiger partial charge in [0.25, 0.3) is 5.91 Å². The Morgan fingerprint density at radius 2 is 2.00 bits per heavy atom. The van der Waals surface area contributed by atoms with Crippen LogP contribution in [0.15, 0.2) is 27.6 Å². The molecule has 0 atom stereocenters. The molecule has 28 heavy (non-hydrogen) atoms. The molecule has 1 aliphatic heterocycles. The predicted octanol–water partition coefficient (Wildman–Crippen LogP) is 2.98. The number of aryl methyl sites for hydroxylation is 2. The summed E-state index contributed by atoms with van der Waals surface area (Å²) < 4.78 is 38.0. The molecule has 1 amide bonds. The number of methoxy groups -OCH3 is 1. The first-order valence-corrected chi connectivity index (χ1v) is 10.8. The first-order valence-electron chi connectivity index (χ1n) is 9.33. The highest BCUT2D eigenvalue weighted by Crippen LogP contribution is 2.31. The predicted molar refractivity (Wildman–Crippen MR) is 104 cm³/mol. The third kappa shape index (κ3) is 3.90. The molecular formula is C19H25N3O5S. The smallest absolute Gasteiger partial charge is 0.261 e. The summed E-state index contributed by atoms with van der Waals surface area (Å²) in [6.45, 7) is 4.52. The molecule has 3 rings (SSSR count). The summed E-state index contributed by atoms with van der Waals surface area (Å²) in [4.78, 5) is 12.7. The van der Waals surface area contributed by atoms with Crippen LogP contribution in [0, 0.1) is 6.92 Å². The summed E-state index contributed by atoms with van der Waals surface area (Å²) in [5.74, 6) is 0.282. The SMILES string of the molecule is CCc1noc(C)c1C(=O)Nc1ccc(OC)c(S(=O)(=O)N2CCCCC2)c1. The van der Waals surface area contributed by atoms with Crippen LogP contribution < -0.4 is 10.1 Å². The molecule has 1 saturated heterocycles. The Morgan fingerprint density at radius 3 is 2.64 bits per heavy atom. The Hall–Kier alpha value is -2.39. The van der Waals surface area contributed by atoms with Gasteiger partial charge in [-0.15, -0.1) is 0 Å². The number of nitrogens with one attached hydrogen (secondary N) is 1. The largest absolute Gasteiger partial charge is 0.495 e. The quantitative estimate of drug-likeness (QED) is 0.790. The minimum atomic E-state index is -3.71. The molecule has 1 aliphatic rings. The van der Waals surface area contributed by atoms with E-state index in [0.29, 0.717) is 42.2 Å². The number of amides is 1. The molecular weight excluding hydrogens is 382 g/mol. The van der Waals surface area contributed by atoms with E-state index in [4.69, 9.17) is 9.26 Å². The van der Waals surface area contributed by atoms with Crippen LogP contribution in [0.25, 0.3) is 0 Å². The number of anilines is 1. The molecule has 1 fully saturated rings. The van der Waals surface area contributed by atoms with Gasteiger partial charge in [0.15, 0.2) is 0 Å². The number of sulfonamides is 1. The lowest BCUT2D eigenvalue weighted by Gasteiger charge is -2.26. The number of rotatable bonds is 6. The average Bonchev–Trinajstić information content (AvgIpc) is 3.09. The van der Waals surface area contributed by atoms with Crippen molar-refractivity contribution in [1.82, 2.24) is 9.46 Å². The van der Waals surface area contributed by atoms with Crippen LogP contribution in [0.2, 0.25) is 0 Å². The molecule has 0 bridgehead atoms. The first-order chi connectivity index (χ1) is 13.4. The maximum atomic E-state index is 13.1. The van der Waals surface area contributed by atoms with E-state index >= 15 is 0 Å². The molecule has 9 heteroatoms. The number of hydrogen-bond donors (Lipinski definition) is 1. The summed E-state index contributed by atoms with van der Waals surface area (Å²) in [5.41, 5.74) is 1.30. The molecule has 0 saturated carbocycles. The van der Waals surface area contributed by atoms with Crippen molar-refractivity contribution in [3.63, 3.8) is 0 Å². The number of hydrogen-bond acceptors (Lipinski definition) is 6. The van der Waals surface area contributed by atoms with E-state index < -0.39 is 10.0 Å². The van der Waals surface area contributed by atoms with Crippen LogP contribution in [0.1, 0.15) is 48.0 Å². The second kappa shape index (κ2) is 8.32. The number of nitrogens with zero attached hydrogens (tertiary/aromatic N) is 2. The number of carbonyl (C=O) groups excluding carboxylic acids is 1. The van der Waals surface area contributed by atoms with Crippen molar-refractivity contribution < 1.29 is 22.5 Å². The van der Waals surface area contributed by atoms with Gasteiger partial charge in [0.1, 0.15) is 22.0 Å². The van der Waals surface area contributed by atoms with Crippen LogP contribution in [-0.4, -0.2) is 44.0 Å². The van der Waals surface area contributed by atoms with Gasteiger partial charge in [0.2, 0.25) is 10.0 Å². The third-order valence-corrected chi connectivity index (χ3v) is 6.77. The minimum Gasteiger partial charge on any atom is -0.495 e. The first kappa shape index (κ1) is 20.3. The Morgan fingerprint density at radius 1 is 1.29 bits per heavy atom. The molecule has 0 aliphatic carbocycles. The van der Waals surface area contributed by atoms with Crippen LogP contribution in [0.4, 0.5) is 5.69 Å². The standard InChI is InChI=1S/C19H25N3O5S/c1-4-15-18(13(2)27-21-15)19(23)20-14-8-9-16(26-3)17(12-14)28(24,25)22-10-6-5-7-11-22/h8-9,12H,4-7,10-11H2,1-3H3,(H,20,23). The zero-order valence-corrected chi connectivity index (χ0v) is 17.1. The van der Waals surface area contributed by atoms with Gasteiger partial charge in [-0.2, -0.15) is 4.31 Å². The second-order valence-corrected chi connectivity index (χ2v) is 8.60. The highest BCUT2D eigenvalue weighted by atomic mass is 32.2. The number of benzene rings is 1. The van der Waals surface area contributed by atoms with E-state index in [9.17, 15) is 13.2 Å². The molecule has 1 aromatic heterocycles. The Labute approximate surface area is 164 Å². The van der Waals surface area contributed by atoms with Gasteiger partial charge in [-0.05, 0) is 44.4 Å². The van der Waals surface area contributed by atoms with Crippen molar-refractivity contribution in [2.75, 3.05) is 25.5 Å². The monoisotopic (exact) mass is 407 g/mol. The van der Waals surface area contributed by atoms with E-state index in [1.807, 2.05) is 6.92 Å². The minimum absolute atomic E-state index is 0.0486. The lowest BCUT2D eigenvalue weighted by atomic mass is 10.1. The zero-order valence-electron chi connectivity index (χ0n) is 16.3. The molecule has 8 nitrogen and oxygen atoms in total. The van der Waals surface area contributed by atoms with E-state index in [1.54, 1.807) is 19.1 Å². The number of aromatic nitrogens is 1. The molecule has 2 heterocycles. The van der Waals surface area contributed by atoms with Gasteiger partial charge < -0.3 is 14.6 Å². The fourth-order valence-corrected chi connectivity index (χ4v) is 5.04. The molecule has 152 valence electrons. The molecule has 0 unspecified atom stereocenters. The van der Waals surface area contributed by atoms with Gasteiger partial charge in [-0.3, -0.25) is 4.79 Å². The fourth-order valence-electron chi connectivity index (χ4n) is 3.34. The van der Waals surface area contributed by atoms with E-state index in [-0.39, 0.29) is 16.6 Å². The van der Waals surface area contributed by atoms with Gasteiger partial charge in [0, 0.05) is 18.8 Å². The summed E-state index contributed by atoms with van der Waals surface area (Å²) in [6.07, 6.45) is 3.25. The number of carbonyl (C=O) groups is 1. The molecule has 0 radical (unpaired) electrons. The van der Waals surface area contributed by atoms with Gasteiger partial charge in [-0.1, -0.05) is 18.5 Å². The van der Waals surface area contributed by atoms with E-state index in [1.165, 1.54) is 17.5 Å². The van der Waals surface area contributed by atoms with Crippen molar-refractivity contribution in [1.29, 1.82) is 0 Å². The number of ether oxygens (including phenoxy) is 1. The lowest BCUT2D eigenvalue weighted by molar-refractivity contribution is 0.102. The van der Waals surface area contributed by atoms with E-state index in [2.05, 4.69) is 10.5 Å². The summed E-state index contributed by atoms with van der Waals surface area (Å²) in [5, 5.41) is 6.63. The Kier molecular flexibility index (Phi) is 6.04. The summed E-state index contributed by atoms with van der Waals surface area (Å²) in [6, 6.07) is 4.60. The van der Waals surface area contributed by atoms with Crippen LogP contribution >= 0.6 is 0 Å². The molecule has 2 aromatic rings. The molecule has 1 N–H and O–H groups in total. The average molecular weight is 407 g/mol. The second-order valence-electron chi connectivity index (χ2n) is 6.70.